The molecule has 1 N–H and O–H groups in total. The highest BCUT2D eigenvalue weighted by Crippen LogP contribution is 2.48. The number of carbonyl (C=O) groups excluding carboxylic acids is 1. The average molecular weight is 305 g/mol. The highest BCUT2D eigenvalue weighted by molar-refractivity contribution is 6.30. The van der Waals surface area contributed by atoms with E-state index >= 15 is 0 Å². The van der Waals surface area contributed by atoms with Gasteiger partial charge in [0.1, 0.15) is 11.7 Å². The number of hydrogen-bond acceptors (Lipinski definition) is 2. The summed E-state index contributed by atoms with van der Waals surface area (Å²) in [4.78, 5) is 14.9. The number of amides is 1. The van der Waals surface area contributed by atoms with Gasteiger partial charge in [0, 0.05) is 11.1 Å². The zero-order chi connectivity index (χ0) is 14.6. The molecule has 1 aromatic carbocycles. The minimum Gasteiger partial charge on any atom is -0.319 e. The Balaban J connectivity index is 1.64. The van der Waals surface area contributed by atoms with Gasteiger partial charge in [-0.15, -0.1) is 0 Å². The maximum atomic E-state index is 12.8. The molecule has 1 saturated heterocycles. The van der Waals surface area contributed by atoms with E-state index in [0.29, 0.717) is 11.9 Å². The quantitative estimate of drug-likeness (QED) is 0.923. The van der Waals surface area contributed by atoms with E-state index in [4.69, 9.17) is 11.6 Å². The van der Waals surface area contributed by atoms with Crippen LogP contribution in [0.25, 0.3) is 0 Å². The van der Waals surface area contributed by atoms with E-state index in [2.05, 4.69) is 23.2 Å². The molecule has 21 heavy (non-hydrogen) atoms. The molecule has 0 aromatic heterocycles. The fraction of sp³-hybridized carbons (Fsp3) is 0.588. The summed E-state index contributed by atoms with van der Waals surface area (Å²) in [5.41, 5.74) is 0.826. The fourth-order valence-corrected chi connectivity index (χ4v) is 3.76. The van der Waals surface area contributed by atoms with Crippen molar-refractivity contribution in [2.75, 3.05) is 0 Å². The molecule has 1 amide bonds. The molecule has 4 rings (SSSR count). The third-order valence-electron chi connectivity index (χ3n) is 5.10. The summed E-state index contributed by atoms with van der Waals surface area (Å²) in [7, 11) is 0. The molecule has 1 aliphatic heterocycles. The second kappa shape index (κ2) is 4.72. The fourth-order valence-electron chi connectivity index (χ4n) is 3.57. The Labute approximate surface area is 130 Å². The van der Waals surface area contributed by atoms with Gasteiger partial charge in [0.2, 0.25) is 5.91 Å². The lowest BCUT2D eigenvalue weighted by atomic mass is 10.1. The first kappa shape index (κ1) is 13.6. The first-order valence-corrected chi connectivity index (χ1v) is 8.33. The van der Waals surface area contributed by atoms with Crippen LogP contribution in [-0.4, -0.2) is 22.4 Å². The average Bonchev–Trinajstić information content (AvgIpc) is 3.33. The van der Waals surface area contributed by atoms with Crippen LogP contribution in [0.2, 0.25) is 5.02 Å². The lowest BCUT2D eigenvalue weighted by Gasteiger charge is -2.31. The lowest BCUT2D eigenvalue weighted by Crippen LogP contribution is -2.39. The van der Waals surface area contributed by atoms with Crippen molar-refractivity contribution in [1.82, 2.24) is 10.2 Å². The highest BCUT2D eigenvalue weighted by atomic mass is 35.5. The Hall–Kier alpha value is -1.06. The van der Waals surface area contributed by atoms with Crippen molar-refractivity contribution in [2.24, 2.45) is 5.92 Å². The Bertz CT molecular complexity index is 580. The zero-order valence-electron chi connectivity index (χ0n) is 12.3. The lowest BCUT2D eigenvalue weighted by molar-refractivity contribution is -0.133. The number of carbonyl (C=O) groups is 1. The van der Waals surface area contributed by atoms with Crippen molar-refractivity contribution in [3.63, 3.8) is 0 Å². The number of benzene rings is 1. The minimum atomic E-state index is -0.273. The van der Waals surface area contributed by atoms with Gasteiger partial charge in [-0.2, -0.15) is 0 Å². The van der Waals surface area contributed by atoms with Crippen LogP contribution in [0.15, 0.2) is 24.3 Å². The van der Waals surface area contributed by atoms with Gasteiger partial charge < -0.3 is 4.90 Å². The van der Waals surface area contributed by atoms with Gasteiger partial charge in [-0.05, 0) is 49.8 Å². The Morgan fingerprint density at radius 3 is 2.81 bits per heavy atom. The third-order valence-corrected chi connectivity index (χ3v) is 5.33. The van der Waals surface area contributed by atoms with Crippen molar-refractivity contribution in [1.29, 1.82) is 0 Å². The summed E-state index contributed by atoms with van der Waals surface area (Å²) < 4.78 is 0. The smallest absolute Gasteiger partial charge is 0.244 e. The van der Waals surface area contributed by atoms with Crippen molar-refractivity contribution in [3.05, 3.63) is 34.9 Å². The summed E-state index contributed by atoms with van der Waals surface area (Å²) in [5, 5.41) is 4.31. The Morgan fingerprint density at radius 2 is 2.19 bits per heavy atom. The molecule has 2 aliphatic carbocycles. The van der Waals surface area contributed by atoms with Gasteiger partial charge in [0.05, 0.1) is 0 Å². The van der Waals surface area contributed by atoms with Crippen LogP contribution < -0.4 is 5.32 Å². The van der Waals surface area contributed by atoms with Crippen LogP contribution in [0, 0.1) is 5.92 Å². The van der Waals surface area contributed by atoms with Crippen molar-refractivity contribution < 1.29 is 4.79 Å². The molecular formula is C17H21ClN2O. The number of nitrogens with zero attached hydrogens (tertiary/aromatic N) is 1. The van der Waals surface area contributed by atoms with E-state index in [1.54, 1.807) is 0 Å². The van der Waals surface area contributed by atoms with Crippen molar-refractivity contribution >= 4 is 17.5 Å². The molecule has 2 saturated carbocycles. The largest absolute Gasteiger partial charge is 0.319 e. The molecule has 3 aliphatic rings. The predicted octanol–water partition coefficient (Wildman–Crippen LogP) is 3.49. The van der Waals surface area contributed by atoms with Gasteiger partial charge in [-0.25, -0.2) is 0 Å². The summed E-state index contributed by atoms with van der Waals surface area (Å²) in [5.74, 6) is 1.11. The first-order chi connectivity index (χ1) is 10.1. The van der Waals surface area contributed by atoms with Gasteiger partial charge in [-0.3, -0.25) is 10.1 Å². The summed E-state index contributed by atoms with van der Waals surface area (Å²) in [6.07, 6.45) is 5.69. The number of nitrogens with one attached hydrogen (secondary N) is 1. The molecule has 112 valence electrons. The molecule has 0 bridgehead atoms. The Kier molecular flexibility index (Phi) is 3.05. The monoisotopic (exact) mass is 304 g/mol. The molecule has 1 heterocycles. The molecule has 1 aromatic rings. The maximum Gasteiger partial charge on any atom is 0.244 e. The molecule has 2 unspecified atom stereocenters. The highest BCUT2D eigenvalue weighted by Gasteiger charge is 2.60. The van der Waals surface area contributed by atoms with Gasteiger partial charge >= 0.3 is 0 Å². The molecular weight excluding hydrogens is 284 g/mol. The van der Waals surface area contributed by atoms with Gasteiger partial charge in [0.15, 0.2) is 0 Å². The molecule has 3 fully saturated rings. The second-order valence-electron chi connectivity index (χ2n) is 6.92. The number of hydrogen-bond donors (Lipinski definition) is 1. The molecule has 4 heteroatoms. The normalized spacial score (nSPS) is 28.2. The number of rotatable bonds is 4. The van der Waals surface area contributed by atoms with Crippen molar-refractivity contribution in [3.8, 4) is 0 Å². The van der Waals surface area contributed by atoms with E-state index in [9.17, 15) is 4.79 Å². The molecule has 3 nitrogen and oxygen atoms in total. The predicted molar refractivity (Wildman–Crippen MR) is 82.9 cm³/mol. The van der Waals surface area contributed by atoms with Crippen LogP contribution >= 0.6 is 11.6 Å². The van der Waals surface area contributed by atoms with Crippen LogP contribution in [0.4, 0.5) is 0 Å². The first-order valence-electron chi connectivity index (χ1n) is 7.95. The van der Waals surface area contributed by atoms with E-state index in [1.807, 2.05) is 18.2 Å². The summed E-state index contributed by atoms with van der Waals surface area (Å²) in [6, 6.07) is 8.18. The molecule has 1 spiro atoms. The van der Waals surface area contributed by atoms with Crippen LogP contribution in [0.1, 0.15) is 50.8 Å². The van der Waals surface area contributed by atoms with Gasteiger partial charge in [-0.1, -0.05) is 36.6 Å². The van der Waals surface area contributed by atoms with E-state index in [-0.39, 0.29) is 11.7 Å². The minimum absolute atomic E-state index is 0.0209. The van der Waals surface area contributed by atoms with E-state index in [0.717, 1.165) is 35.8 Å². The van der Waals surface area contributed by atoms with Crippen LogP contribution in [-0.2, 0) is 4.79 Å². The SMILES string of the molecule is CC(CC1CC1)N1C(=O)C2(CC2)NC1c1cccc(Cl)c1. The Morgan fingerprint density at radius 1 is 1.43 bits per heavy atom. The second-order valence-corrected chi connectivity index (χ2v) is 7.36. The van der Waals surface area contributed by atoms with Gasteiger partial charge in [0.25, 0.3) is 0 Å². The summed E-state index contributed by atoms with van der Waals surface area (Å²) in [6.45, 7) is 2.19. The van der Waals surface area contributed by atoms with Crippen molar-refractivity contribution in [2.45, 2.75) is 56.8 Å². The third kappa shape index (κ3) is 2.36. The molecule has 2 atom stereocenters. The zero-order valence-corrected chi connectivity index (χ0v) is 13.1. The number of halogens is 1. The van der Waals surface area contributed by atoms with E-state index in [1.165, 1.54) is 12.8 Å². The standard InChI is InChI=1S/C17H21ClN2O/c1-11(9-12-5-6-12)20-15(13-3-2-4-14(18)10-13)19-17(7-8-17)16(20)21/h2-4,10-12,15,19H,5-9H2,1H3. The van der Waals surface area contributed by atoms with E-state index < -0.39 is 0 Å². The topological polar surface area (TPSA) is 32.3 Å². The molecule has 0 radical (unpaired) electrons. The maximum absolute atomic E-state index is 12.8. The summed E-state index contributed by atoms with van der Waals surface area (Å²) >= 11 is 6.14. The van der Waals surface area contributed by atoms with Crippen LogP contribution in [0.3, 0.4) is 0 Å². The van der Waals surface area contributed by atoms with Crippen LogP contribution in [0.5, 0.6) is 0 Å².